The number of rotatable bonds is 29. The third kappa shape index (κ3) is 23.1. The van der Waals surface area contributed by atoms with Gasteiger partial charge in [0.15, 0.2) is 5.75 Å². The Kier molecular flexibility index (Phi) is 30.0. The molecule has 0 bridgehead atoms. The molecule has 2 saturated carbocycles. The summed E-state index contributed by atoms with van der Waals surface area (Å²) in [5.41, 5.74) is 8.98. The highest BCUT2D eigenvalue weighted by atomic mass is 32.2. The van der Waals surface area contributed by atoms with Gasteiger partial charge in [-0.1, -0.05) is 0 Å². The summed E-state index contributed by atoms with van der Waals surface area (Å²) in [6.07, 6.45) is 16.8. The van der Waals surface area contributed by atoms with Gasteiger partial charge in [-0.15, -0.1) is 0 Å². The zero-order valence-electron chi connectivity index (χ0n) is 76.3. The fourth-order valence-electron chi connectivity index (χ4n) is 14.5. The number of aryl methyl sites for hydroxylation is 4. The van der Waals surface area contributed by atoms with Crippen LogP contribution in [0.5, 0.6) is 46.5 Å². The number of halogens is 10. The molecule has 16 aromatic rings. The van der Waals surface area contributed by atoms with E-state index in [4.69, 9.17) is 33.2 Å². The quantitative estimate of drug-likeness (QED) is 0.0316. The number of aromatic nitrogens is 12. The largest absolute Gasteiger partial charge is 0.491 e. The SMILES string of the molecule is COc1ncc(-c2cc(OC(C)C)c3ncnc(C)c3c2)cc1NS(=O)(=O)c1ccc(F)cc1F.COc1ncc(-c2cc(OC(F)F)c3ncnc(C)c3c2)cc1NS(=O)(=O)c1ccc(F)cc1F.COc1ncc(-c2cc(OC3CCC3)c3ncnc(C)c3c2)cc1NS(=O)(=O)c1ccc(F)cc1F.COc1ncc(-c2cc(OCC3CC3)c3ncnc(C)c3c2)cc1NS(=O)(=O)c1ccc(F)cc1F. The summed E-state index contributed by atoms with van der Waals surface area (Å²) in [6.45, 7) is 8.47. The Morgan fingerprint density at radius 2 is 0.606 bits per heavy atom. The summed E-state index contributed by atoms with van der Waals surface area (Å²) in [5, 5.41) is 2.75. The maximum atomic E-state index is 14.2. The van der Waals surface area contributed by atoms with Crippen molar-refractivity contribution in [2.75, 3.05) is 53.9 Å². The van der Waals surface area contributed by atoms with Crippen LogP contribution in [0, 0.1) is 80.2 Å². The maximum Gasteiger partial charge on any atom is 0.387 e. The van der Waals surface area contributed by atoms with E-state index < -0.39 is 113 Å². The minimum atomic E-state index is -4.51. The van der Waals surface area contributed by atoms with Gasteiger partial charge in [0.05, 0.1) is 47.3 Å². The Balaban J connectivity index is 0.000000143. The lowest BCUT2D eigenvalue weighted by Crippen LogP contribution is -2.24. The van der Waals surface area contributed by atoms with Gasteiger partial charge in [0.1, 0.15) is 153 Å². The molecule has 736 valence electrons. The number of nitrogens with one attached hydrogen (secondary N) is 4. The topological polar surface area (TPSA) is 413 Å². The lowest BCUT2D eigenvalue weighted by atomic mass is 9.96. The Morgan fingerprint density at radius 1 is 0.331 bits per heavy atom. The van der Waals surface area contributed by atoms with E-state index in [1.54, 1.807) is 19.1 Å². The molecule has 142 heavy (non-hydrogen) atoms. The fraction of sp³-hybridized carbons (Fsp3) is 0.208. The molecule has 2 aliphatic carbocycles. The Morgan fingerprint density at radius 3 is 0.866 bits per heavy atom. The molecule has 8 aromatic carbocycles. The van der Waals surface area contributed by atoms with Crippen molar-refractivity contribution in [1.29, 1.82) is 0 Å². The van der Waals surface area contributed by atoms with E-state index >= 15 is 0 Å². The third-order valence-corrected chi connectivity index (χ3v) is 27.5. The molecule has 0 radical (unpaired) electrons. The van der Waals surface area contributed by atoms with E-state index in [1.807, 2.05) is 65.0 Å². The Hall–Kier alpha value is -15.6. The van der Waals surface area contributed by atoms with Crippen molar-refractivity contribution in [3.8, 4) is 91.0 Å². The average Bonchev–Trinajstić information content (AvgIpc) is 0.849. The van der Waals surface area contributed by atoms with Crippen LogP contribution in [0.3, 0.4) is 0 Å². The van der Waals surface area contributed by atoms with Crippen LogP contribution in [-0.2, 0) is 40.1 Å². The predicted octanol–water partition coefficient (Wildman–Crippen LogP) is 19.5. The van der Waals surface area contributed by atoms with Crippen LogP contribution in [0.2, 0.25) is 0 Å². The van der Waals surface area contributed by atoms with Crippen molar-refractivity contribution in [1.82, 2.24) is 59.8 Å². The zero-order valence-corrected chi connectivity index (χ0v) is 79.6. The smallest absolute Gasteiger partial charge is 0.387 e. The van der Waals surface area contributed by atoms with Crippen molar-refractivity contribution in [3.63, 3.8) is 0 Å². The Bertz CT molecular complexity index is 7850. The first-order valence-corrected chi connectivity index (χ1v) is 48.6. The lowest BCUT2D eigenvalue weighted by Gasteiger charge is -2.27. The number of hydrogen-bond acceptors (Lipinski definition) is 28. The minimum absolute atomic E-state index is 0.0127. The van der Waals surface area contributed by atoms with Crippen LogP contribution in [0.1, 0.15) is 68.7 Å². The molecule has 0 atom stereocenters. The second-order valence-corrected chi connectivity index (χ2v) is 38.7. The lowest BCUT2D eigenvalue weighted by molar-refractivity contribution is -0.0489. The van der Waals surface area contributed by atoms with Gasteiger partial charge in [-0.2, -0.15) is 8.78 Å². The molecular weight excluding hydrogens is 1950 g/mol. The van der Waals surface area contributed by atoms with Crippen LogP contribution < -0.4 is 56.8 Å². The molecule has 2 fully saturated rings. The van der Waals surface area contributed by atoms with Gasteiger partial charge >= 0.3 is 6.61 Å². The molecule has 0 spiro atoms. The number of benzene rings is 8. The summed E-state index contributed by atoms with van der Waals surface area (Å²) in [7, 11) is -12.5. The molecule has 0 saturated heterocycles. The predicted molar refractivity (Wildman–Crippen MR) is 504 cm³/mol. The molecule has 46 heteroatoms. The van der Waals surface area contributed by atoms with Gasteiger partial charge in [-0.05, 0) is 223 Å². The van der Waals surface area contributed by atoms with E-state index in [-0.39, 0.29) is 75.3 Å². The zero-order chi connectivity index (χ0) is 102. The van der Waals surface area contributed by atoms with Crippen molar-refractivity contribution < 1.29 is 115 Å². The molecule has 0 unspecified atom stereocenters. The summed E-state index contributed by atoms with van der Waals surface area (Å²) in [4.78, 5) is 47.8. The maximum absolute atomic E-state index is 14.2. The highest BCUT2D eigenvalue weighted by Gasteiger charge is 2.31. The van der Waals surface area contributed by atoms with Gasteiger partial charge in [-0.25, -0.2) is 129 Å². The second kappa shape index (κ2) is 42.2. The van der Waals surface area contributed by atoms with Crippen LogP contribution >= 0.6 is 0 Å². The van der Waals surface area contributed by atoms with Crippen LogP contribution in [0.15, 0.2) is 215 Å². The average molecular weight is 2030 g/mol. The summed E-state index contributed by atoms with van der Waals surface area (Å²) in [5.74, 6) is -6.73. The van der Waals surface area contributed by atoms with Crippen molar-refractivity contribution in [3.05, 3.63) is 265 Å². The summed E-state index contributed by atoms with van der Waals surface area (Å²) >= 11 is 0. The van der Waals surface area contributed by atoms with E-state index in [0.29, 0.717) is 121 Å². The number of ether oxygens (including phenoxy) is 8. The highest BCUT2D eigenvalue weighted by Crippen LogP contribution is 2.44. The first-order valence-electron chi connectivity index (χ1n) is 42.7. The highest BCUT2D eigenvalue weighted by molar-refractivity contribution is 7.93. The molecule has 18 rings (SSSR count). The van der Waals surface area contributed by atoms with Crippen molar-refractivity contribution in [2.24, 2.45) is 5.92 Å². The number of hydrogen-bond donors (Lipinski definition) is 4. The first kappa shape index (κ1) is 101. The molecule has 32 nitrogen and oxygen atoms in total. The molecule has 2 aliphatic rings. The second-order valence-electron chi connectivity index (χ2n) is 32.1. The number of methoxy groups -OCH3 is 4. The van der Waals surface area contributed by atoms with Crippen LogP contribution in [0.25, 0.3) is 88.1 Å². The Labute approximate surface area is 805 Å². The monoisotopic (exact) mass is 2030 g/mol. The number of alkyl halides is 2. The van der Waals surface area contributed by atoms with Crippen LogP contribution in [0.4, 0.5) is 66.7 Å². The first-order chi connectivity index (χ1) is 67.7. The van der Waals surface area contributed by atoms with E-state index in [1.165, 1.54) is 109 Å². The molecule has 8 aromatic heterocycles. The fourth-order valence-corrected chi connectivity index (χ4v) is 19.0. The standard InChI is InChI=1S/2C25H22F2N4O4S.C24H22F2N4O4S.C22H16F4N4O4S/c1-14-19-7-16(9-22(24(19)30-13-29-14)35-12-15-3-4-15)17-8-21(25(34-2)28-11-17)31-36(32,33)23-6-5-18(26)10-20(23)27;1-14-19-8-15(10-22(24(19)30-13-29-14)35-18-4-3-5-18)16-9-21(25(34-2)28-12-16)31-36(32,33)23-7-6-17(26)11-20(23)27;1-13(2)34-21-9-15(7-18-14(3)28-12-29-23(18)21)16-8-20(24(33-4)27-11-16)30-35(31,32)22-6-5-17(25)10-19(22)26;1-11-15-5-12(7-18(34-22(25)26)20(15)29-10-28-11)13-6-17(21(33-2)27-9-13)30-35(31,32)19-4-3-14(23)8-16(19)24/h5-11,13,15,31H,3-4,12H2,1-2H3;6-13,18,31H,3-5H2,1-2H3;5-13,30H,1-4H3;3-10,22,30H,1-2H3. The van der Waals surface area contributed by atoms with Gasteiger partial charge in [0.2, 0.25) is 23.5 Å². The van der Waals surface area contributed by atoms with Crippen molar-refractivity contribution in [2.45, 2.75) is 112 Å². The summed E-state index contributed by atoms with van der Waals surface area (Å²) in [6, 6.07) is 28.4. The van der Waals surface area contributed by atoms with E-state index in [2.05, 4.69) is 83.4 Å². The van der Waals surface area contributed by atoms with Crippen molar-refractivity contribution >= 4 is 106 Å². The number of nitrogens with zero attached hydrogens (tertiary/aromatic N) is 12. The number of sulfonamides is 4. The van der Waals surface area contributed by atoms with Crippen LogP contribution in [-0.4, -0.2) is 147 Å². The van der Waals surface area contributed by atoms with E-state index in [0.717, 1.165) is 114 Å². The molecule has 4 N–H and O–H groups in total. The molecule has 0 aliphatic heterocycles. The molecule has 0 amide bonds. The third-order valence-electron chi connectivity index (χ3n) is 21.9. The van der Waals surface area contributed by atoms with E-state index in [9.17, 15) is 77.6 Å². The number of fused-ring (bicyclic) bond motifs is 4. The molecular formula is C96H82F10N16O16S4. The number of pyridine rings is 4. The number of anilines is 4. The molecule has 8 heterocycles. The van der Waals surface area contributed by atoms with Gasteiger partial charge in [-0.3, -0.25) is 18.9 Å². The summed E-state index contributed by atoms with van der Waals surface area (Å²) < 4.78 is 291. The van der Waals surface area contributed by atoms with Gasteiger partial charge in [0, 0.05) is 116 Å². The van der Waals surface area contributed by atoms with Gasteiger partial charge < -0.3 is 37.9 Å². The van der Waals surface area contributed by atoms with Gasteiger partial charge in [0.25, 0.3) is 40.1 Å². The minimum Gasteiger partial charge on any atom is -0.491 e. The normalized spacial score (nSPS) is 12.7.